The molecular weight excluding hydrogens is 408 g/mol. The quantitative estimate of drug-likeness (QED) is 0.333. The summed E-state index contributed by atoms with van der Waals surface area (Å²) in [6.45, 7) is 2.40. The second-order valence-corrected chi connectivity index (χ2v) is 7.28. The van der Waals surface area contributed by atoms with Crippen LogP contribution in [0.1, 0.15) is 48.4 Å². The number of carbonyl (C=O) groups is 1. The second kappa shape index (κ2) is 10.3. The Hall–Kier alpha value is -2.73. The maximum absolute atomic E-state index is 14.4. The van der Waals surface area contributed by atoms with Crippen molar-refractivity contribution in [3.8, 4) is 0 Å². The zero-order chi connectivity index (χ0) is 21.5. The van der Waals surface area contributed by atoms with Crippen LogP contribution in [0.3, 0.4) is 0 Å². The first-order valence-corrected chi connectivity index (χ1v) is 10.5. The summed E-state index contributed by atoms with van der Waals surface area (Å²) in [6.07, 6.45) is 5.68. The molecule has 0 aliphatic rings. The van der Waals surface area contributed by atoms with Crippen LogP contribution in [-0.4, -0.2) is 33.2 Å². The first-order chi connectivity index (χ1) is 14.6. The number of unbranched alkanes of at least 4 members (excludes halogenated alkanes) is 1. The second-order valence-electron chi connectivity index (χ2n) is 6.97. The maximum Gasteiger partial charge on any atom is 0.257 e. The lowest BCUT2D eigenvalue weighted by Gasteiger charge is -2.30. The summed E-state index contributed by atoms with van der Waals surface area (Å²) in [5.74, 6) is -1.81. The van der Waals surface area contributed by atoms with Gasteiger partial charge in [-0.3, -0.25) is 4.79 Å². The SMILES string of the molecule is CCCCN(C(=O)c1cccc(F)c1F)C(CC=CCCl)c1nc2ccccc2[nH]1. The van der Waals surface area contributed by atoms with E-state index in [0.717, 1.165) is 29.9 Å². The Balaban J connectivity index is 2.05. The summed E-state index contributed by atoms with van der Waals surface area (Å²) in [5, 5.41) is 0. The summed E-state index contributed by atoms with van der Waals surface area (Å²) in [6, 6.07) is 10.7. The number of nitrogens with one attached hydrogen (secondary N) is 1. The van der Waals surface area contributed by atoms with Gasteiger partial charge in [0.15, 0.2) is 11.6 Å². The highest BCUT2D eigenvalue weighted by Gasteiger charge is 2.29. The van der Waals surface area contributed by atoms with E-state index in [1.165, 1.54) is 12.1 Å². The monoisotopic (exact) mass is 431 g/mol. The maximum atomic E-state index is 14.4. The number of nitrogens with zero attached hydrogens (tertiary/aromatic N) is 2. The Bertz CT molecular complexity index is 1000. The molecule has 0 fully saturated rings. The van der Waals surface area contributed by atoms with E-state index in [9.17, 15) is 13.6 Å². The molecule has 0 bridgehead atoms. The standard InChI is InChI=1S/C23H24ClF2N3O/c1-2-3-15-29(23(30)16-9-8-10-17(25)21(16)26)20(13-6-7-14-24)22-27-18-11-4-5-12-19(18)28-22/h4-12,20H,2-3,13-15H2,1H3,(H,27,28). The molecule has 158 valence electrons. The fourth-order valence-electron chi connectivity index (χ4n) is 3.36. The highest BCUT2D eigenvalue weighted by molar-refractivity contribution is 6.18. The molecule has 3 aromatic rings. The molecule has 2 aromatic carbocycles. The van der Waals surface area contributed by atoms with Crippen molar-refractivity contribution in [1.29, 1.82) is 0 Å². The normalized spacial score (nSPS) is 12.5. The van der Waals surface area contributed by atoms with Crippen LogP contribution >= 0.6 is 11.6 Å². The topological polar surface area (TPSA) is 49.0 Å². The van der Waals surface area contributed by atoms with Gasteiger partial charge in [-0.25, -0.2) is 13.8 Å². The summed E-state index contributed by atoms with van der Waals surface area (Å²) >= 11 is 5.77. The van der Waals surface area contributed by atoms with Gasteiger partial charge >= 0.3 is 0 Å². The summed E-state index contributed by atoms with van der Waals surface area (Å²) in [4.78, 5) is 22.8. The van der Waals surface area contributed by atoms with Crippen molar-refractivity contribution in [3.05, 3.63) is 77.6 Å². The third-order valence-corrected chi connectivity index (χ3v) is 5.09. The summed E-state index contributed by atoms with van der Waals surface area (Å²) in [5.41, 5.74) is 1.34. The molecule has 0 spiro atoms. The number of H-pyrrole nitrogens is 1. The number of allylic oxidation sites excluding steroid dienone is 1. The van der Waals surface area contributed by atoms with E-state index < -0.39 is 23.6 Å². The number of aromatic amines is 1. The molecule has 7 heteroatoms. The van der Waals surface area contributed by atoms with E-state index in [0.29, 0.717) is 24.7 Å². The van der Waals surface area contributed by atoms with Gasteiger partial charge in [0.25, 0.3) is 5.91 Å². The zero-order valence-electron chi connectivity index (χ0n) is 16.7. The van der Waals surface area contributed by atoms with E-state index in [1.807, 2.05) is 37.3 Å². The first kappa shape index (κ1) is 22.0. The molecule has 1 atom stereocenters. The van der Waals surface area contributed by atoms with Crippen LogP contribution < -0.4 is 0 Å². The fraction of sp³-hybridized carbons (Fsp3) is 0.304. The average Bonchev–Trinajstić information content (AvgIpc) is 3.18. The Kier molecular flexibility index (Phi) is 7.57. The molecule has 3 rings (SSSR count). The molecule has 1 unspecified atom stereocenters. The predicted octanol–water partition coefficient (Wildman–Crippen LogP) is 6.01. The number of amides is 1. The van der Waals surface area contributed by atoms with Crippen LogP contribution in [0.15, 0.2) is 54.6 Å². The Morgan fingerprint density at radius 3 is 2.73 bits per heavy atom. The van der Waals surface area contributed by atoms with Gasteiger partial charge in [0, 0.05) is 12.4 Å². The first-order valence-electron chi connectivity index (χ1n) is 9.97. The number of imidazole rings is 1. The number of para-hydroxylation sites is 2. The van der Waals surface area contributed by atoms with Crippen molar-refractivity contribution >= 4 is 28.5 Å². The molecule has 0 aliphatic heterocycles. The van der Waals surface area contributed by atoms with E-state index >= 15 is 0 Å². The lowest BCUT2D eigenvalue weighted by atomic mass is 10.1. The minimum absolute atomic E-state index is 0.284. The van der Waals surface area contributed by atoms with Crippen molar-refractivity contribution in [2.45, 2.75) is 32.2 Å². The number of rotatable bonds is 9. The molecule has 4 nitrogen and oxygen atoms in total. The minimum atomic E-state index is -1.14. The van der Waals surface area contributed by atoms with Crippen LogP contribution in [0, 0.1) is 11.6 Å². The third-order valence-electron chi connectivity index (χ3n) is 4.91. The van der Waals surface area contributed by atoms with Gasteiger partial charge in [-0.2, -0.15) is 0 Å². The summed E-state index contributed by atoms with van der Waals surface area (Å²) < 4.78 is 28.2. The minimum Gasteiger partial charge on any atom is -0.340 e. The molecule has 0 aliphatic carbocycles. The highest BCUT2D eigenvalue weighted by atomic mass is 35.5. The van der Waals surface area contributed by atoms with Gasteiger partial charge in [-0.15, -0.1) is 11.6 Å². The van der Waals surface area contributed by atoms with Crippen LogP contribution in [0.4, 0.5) is 8.78 Å². The number of halogens is 3. The van der Waals surface area contributed by atoms with Gasteiger partial charge in [-0.1, -0.05) is 43.7 Å². The Labute approximate surface area is 179 Å². The van der Waals surface area contributed by atoms with Gasteiger partial charge in [0.1, 0.15) is 5.82 Å². The van der Waals surface area contributed by atoms with E-state index in [-0.39, 0.29) is 5.56 Å². The van der Waals surface area contributed by atoms with E-state index in [4.69, 9.17) is 11.6 Å². The molecule has 0 saturated heterocycles. The zero-order valence-corrected chi connectivity index (χ0v) is 17.5. The van der Waals surface area contributed by atoms with Crippen molar-refractivity contribution in [3.63, 3.8) is 0 Å². The predicted molar refractivity (Wildman–Crippen MR) is 116 cm³/mol. The van der Waals surface area contributed by atoms with Crippen molar-refractivity contribution < 1.29 is 13.6 Å². The van der Waals surface area contributed by atoms with Gasteiger partial charge < -0.3 is 9.88 Å². The van der Waals surface area contributed by atoms with Gasteiger partial charge in [-0.05, 0) is 37.1 Å². The average molecular weight is 432 g/mol. The van der Waals surface area contributed by atoms with E-state index in [1.54, 1.807) is 11.0 Å². The number of carbonyl (C=O) groups excluding carboxylic acids is 1. The van der Waals surface area contributed by atoms with Gasteiger partial charge in [0.05, 0.1) is 22.6 Å². The molecule has 0 saturated carbocycles. The molecule has 1 N–H and O–H groups in total. The van der Waals surface area contributed by atoms with Crippen molar-refractivity contribution in [2.24, 2.45) is 0 Å². The largest absolute Gasteiger partial charge is 0.340 e. The Morgan fingerprint density at radius 1 is 1.20 bits per heavy atom. The van der Waals surface area contributed by atoms with Crippen LogP contribution in [0.25, 0.3) is 11.0 Å². The number of alkyl halides is 1. The lowest BCUT2D eigenvalue weighted by molar-refractivity contribution is 0.0660. The smallest absolute Gasteiger partial charge is 0.257 e. The number of fused-ring (bicyclic) bond motifs is 1. The van der Waals surface area contributed by atoms with Crippen LogP contribution in [-0.2, 0) is 0 Å². The molecule has 1 heterocycles. The summed E-state index contributed by atoms with van der Waals surface area (Å²) in [7, 11) is 0. The molecule has 1 aromatic heterocycles. The fourth-order valence-corrected chi connectivity index (χ4v) is 3.48. The molecule has 30 heavy (non-hydrogen) atoms. The van der Waals surface area contributed by atoms with Crippen LogP contribution in [0.5, 0.6) is 0 Å². The highest BCUT2D eigenvalue weighted by Crippen LogP contribution is 2.28. The number of benzene rings is 2. The number of aromatic nitrogens is 2. The Morgan fingerprint density at radius 2 is 2.00 bits per heavy atom. The number of hydrogen-bond donors (Lipinski definition) is 1. The molecular formula is C23H24ClF2N3O. The molecule has 0 radical (unpaired) electrons. The van der Waals surface area contributed by atoms with Gasteiger partial charge in [0.2, 0.25) is 0 Å². The van der Waals surface area contributed by atoms with Crippen LogP contribution in [0.2, 0.25) is 0 Å². The number of hydrogen-bond acceptors (Lipinski definition) is 2. The van der Waals surface area contributed by atoms with E-state index in [2.05, 4.69) is 9.97 Å². The van der Waals surface area contributed by atoms with Crippen molar-refractivity contribution in [1.82, 2.24) is 14.9 Å². The lowest BCUT2D eigenvalue weighted by Crippen LogP contribution is -2.37. The van der Waals surface area contributed by atoms with Crippen molar-refractivity contribution in [2.75, 3.05) is 12.4 Å². The third kappa shape index (κ3) is 4.87. The molecule has 1 amide bonds.